The fraction of sp³-hybridized carbons (Fsp3) is 1.00. The van der Waals surface area contributed by atoms with E-state index in [0.717, 1.165) is 0 Å². The van der Waals surface area contributed by atoms with Crippen molar-refractivity contribution in [3.63, 3.8) is 0 Å². The zero-order valence-electron chi connectivity index (χ0n) is 14.8. The standard InChI is InChI=1S/C13H18F12O2Si/c1-26-28(3,27-2)7-5-4-6-9(15,11(17,18)19)8(14)10(16,12(20,21)22)13(23,24)25/h8H,4-7H2,1-3H3. The Morgan fingerprint density at radius 3 is 1.39 bits per heavy atom. The Balaban J connectivity index is 5.78. The first-order valence-electron chi connectivity index (χ1n) is 7.56. The molecule has 0 N–H and O–H groups in total. The van der Waals surface area contributed by atoms with Gasteiger partial charge in [0.05, 0.1) is 0 Å². The molecule has 0 fully saturated rings. The first-order valence-corrected chi connectivity index (χ1v) is 10.1. The molecule has 0 aliphatic carbocycles. The maximum Gasteiger partial charge on any atom is 0.434 e. The summed E-state index contributed by atoms with van der Waals surface area (Å²) >= 11 is 0. The van der Waals surface area contributed by atoms with Gasteiger partial charge < -0.3 is 8.85 Å². The third kappa shape index (κ3) is 5.26. The van der Waals surface area contributed by atoms with Crippen molar-refractivity contribution in [2.45, 2.75) is 67.9 Å². The number of hydrogen-bond acceptors (Lipinski definition) is 2. The van der Waals surface area contributed by atoms with Crippen LogP contribution in [0.2, 0.25) is 12.6 Å². The monoisotopic (exact) mass is 462 g/mol. The molecule has 170 valence electrons. The summed E-state index contributed by atoms with van der Waals surface area (Å²) < 4.78 is 165. The molecule has 0 radical (unpaired) electrons. The molecule has 28 heavy (non-hydrogen) atoms. The van der Waals surface area contributed by atoms with Crippen LogP contribution in [0.3, 0.4) is 0 Å². The van der Waals surface area contributed by atoms with Gasteiger partial charge in [-0.3, -0.25) is 0 Å². The number of rotatable bonds is 9. The van der Waals surface area contributed by atoms with Crippen molar-refractivity contribution >= 4 is 8.56 Å². The second kappa shape index (κ2) is 8.58. The minimum Gasteiger partial charge on any atom is -0.398 e. The third-order valence-corrected chi connectivity index (χ3v) is 7.32. The number of hydrogen-bond donors (Lipinski definition) is 0. The lowest BCUT2D eigenvalue weighted by molar-refractivity contribution is -0.383. The largest absolute Gasteiger partial charge is 0.434 e. The van der Waals surface area contributed by atoms with Crippen molar-refractivity contribution in [3.8, 4) is 0 Å². The zero-order chi connectivity index (χ0) is 22.8. The van der Waals surface area contributed by atoms with Crippen LogP contribution in [-0.2, 0) is 8.85 Å². The van der Waals surface area contributed by atoms with Crippen molar-refractivity contribution < 1.29 is 61.5 Å². The maximum absolute atomic E-state index is 14.2. The maximum atomic E-state index is 14.2. The Morgan fingerprint density at radius 1 is 0.714 bits per heavy atom. The average molecular weight is 462 g/mol. The van der Waals surface area contributed by atoms with Gasteiger partial charge >= 0.3 is 32.8 Å². The molecule has 0 aromatic heterocycles. The van der Waals surface area contributed by atoms with Crippen molar-refractivity contribution in [1.29, 1.82) is 0 Å². The van der Waals surface area contributed by atoms with Gasteiger partial charge in [-0.15, -0.1) is 0 Å². The van der Waals surface area contributed by atoms with E-state index in [9.17, 15) is 52.7 Å². The fourth-order valence-electron chi connectivity index (χ4n) is 2.29. The van der Waals surface area contributed by atoms with E-state index < -0.39 is 63.9 Å². The summed E-state index contributed by atoms with van der Waals surface area (Å²) in [5.41, 5.74) is -12.8. The second-order valence-corrected chi connectivity index (χ2v) is 9.76. The summed E-state index contributed by atoms with van der Waals surface area (Å²) in [5.74, 6) is 0. The highest BCUT2D eigenvalue weighted by Gasteiger charge is 2.83. The van der Waals surface area contributed by atoms with Gasteiger partial charge in [-0.2, -0.15) is 39.5 Å². The molecule has 0 aliphatic rings. The highest BCUT2D eigenvalue weighted by atomic mass is 28.4. The third-order valence-electron chi connectivity index (χ3n) is 4.33. The molecule has 0 amide bonds. The smallest absolute Gasteiger partial charge is 0.398 e. The molecule has 0 aliphatic heterocycles. The summed E-state index contributed by atoms with van der Waals surface area (Å²) in [6.45, 7) is 1.43. The van der Waals surface area contributed by atoms with Crippen LogP contribution in [0.5, 0.6) is 0 Å². The molecule has 0 aromatic carbocycles. The average Bonchev–Trinajstić information content (AvgIpc) is 2.53. The molecule has 0 bridgehead atoms. The van der Waals surface area contributed by atoms with E-state index in [1.807, 2.05) is 0 Å². The van der Waals surface area contributed by atoms with E-state index >= 15 is 0 Å². The Labute approximate surface area is 153 Å². The molecule has 0 saturated carbocycles. The molecule has 15 heteroatoms. The van der Waals surface area contributed by atoms with E-state index in [4.69, 9.17) is 8.85 Å². The number of unbranched alkanes of at least 4 members (excludes halogenated alkanes) is 1. The minimum atomic E-state index is -7.18. The van der Waals surface area contributed by atoms with E-state index in [0.29, 0.717) is 0 Å². The minimum absolute atomic E-state index is 0.121. The molecule has 2 unspecified atom stereocenters. The summed E-state index contributed by atoms with van der Waals surface area (Å²) in [4.78, 5) is 0. The summed E-state index contributed by atoms with van der Waals surface area (Å²) in [7, 11) is -0.521. The van der Waals surface area contributed by atoms with Gasteiger partial charge in [0.25, 0.3) is 0 Å². The fourth-order valence-corrected chi connectivity index (χ4v) is 3.76. The van der Waals surface area contributed by atoms with Gasteiger partial charge in [-0.25, -0.2) is 13.2 Å². The number of halogens is 12. The van der Waals surface area contributed by atoms with E-state index in [-0.39, 0.29) is 6.04 Å². The molecule has 0 aromatic rings. The Bertz CT molecular complexity index is 485. The van der Waals surface area contributed by atoms with Crippen LogP contribution in [0.25, 0.3) is 0 Å². The van der Waals surface area contributed by atoms with Crippen LogP contribution in [0, 0.1) is 0 Å². The number of alkyl halides is 12. The van der Waals surface area contributed by atoms with Gasteiger partial charge in [-0.05, 0) is 25.4 Å². The predicted molar refractivity (Wildman–Crippen MR) is 75.0 cm³/mol. The Hall–Kier alpha value is -0.703. The molecule has 2 nitrogen and oxygen atoms in total. The molecule has 0 saturated heterocycles. The Kier molecular flexibility index (Phi) is 8.36. The van der Waals surface area contributed by atoms with Crippen LogP contribution in [-0.4, -0.2) is 58.8 Å². The molecule has 0 spiro atoms. The zero-order valence-corrected chi connectivity index (χ0v) is 15.8. The van der Waals surface area contributed by atoms with Crippen molar-refractivity contribution in [1.82, 2.24) is 0 Å². The van der Waals surface area contributed by atoms with E-state index in [2.05, 4.69) is 0 Å². The molecular weight excluding hydrogens is 444 g/mol. The molecular formula is C13H18F12O2Si. The summed E-state index contributed by atoms with van der Waals surface area (Å²) in [6.07, 6.45) is -30.1. The highest BCUT2D eigenvalue weighted by Crippen LogP contribution is 2.56. The van der Waals surface area contributed by atoms with Gasteiger partial charge in [-0.1, -0.05) is 6.42 Å². The lowest BCUT2D eigenvalue weighted by Crippen LogP contribution is -2.68. The van der Waals surface area contributed by atoms with Gasteiger partial charge in [0, 0.05) is 14.2 Å². The van der Waals surface area contributed by atoms with E-state index in [1.54, 1.807) is 0 Å². The summed E-state index contributed by atoms with van der Waals surface area (Å²) in [5, 5.41) is 0. The normalized spacial score (nSPS) is 18.1. The Morgan fingerprint density at radius 2 is 1.11 bits per heavy atom. The SMILES string of the molecule is CO[Si](C)(CCCCC(F)(C(F)C(F)(C(F)(F)F)C(F)(F)F)C(F)(F)F)OC. The highest BCUT2D eigenvalue weighted by molar-refractivity contribution is 6.65. The van der Waals surface area contributed by atoms with Crippen molar-refractivity contribution in [2.75, 3.05) is 14.2 Å². The van der Waals surface area contributed by atoms with E-state index in [1.165, 1.54) is 20.8 Å². The van der Waals surface area contributed by atoms with Crippen molar-refractivity contribution in [2.24, 2.45) is 0 Å². The van der Waals surface area contributed by atoms with Gasteiger partial charge in [0.1, 0.15) is 0 Å². The van der Waals surface area contributed by atoms with Crippen LogP contribution >= 0.6 is 0 Å². The predicted octanol–water partition coefficient (Wildman–Crippen LogP) is 5.96. The quantitative estimate of drug-likeness (QED) is 0.239. The molecule has 0 heterocycles. The lowest BCUT2D eigenvalue weighted by atomic mass is 9.82. The topological polar surface area (TPSA) is 18.5 Å². The molecule has 2 atom stereocenters. The van der Waals surface area contributed by atoms with Crippen LogP contribution in [0.4, 0.5) is 52.7 Å². The second-order valence-electron chi connectivity index (χ2n) is 6.18. The van der Waals surface area contributed by atoms with Crippen molar-refractivity contribution in [3.05, 3.63) is 0 Å². The van der Waals surface area contributed by atoms with Gasteiger partial charge in [0.2, 0.25) is 5.67 Å². The van der Waals surface area contributed by atoms with Crippen LogP contribution in [0.15, 0.2) is 0 Å². The lowest BCUT2D eigenvalue weighted by Gasteiger charge is -2.40. The van der Waals surface area contributed by atoms with Crippen LogP contribution < -0.4 is 0 Å². The van der Waals surface area contributed by atoms with Gasteiger partial charge in [0.15, 0.2) is 6.17 Å². The molecule has 0 rings (SSSR count). The first kappa shape index (κ1) is 27.3. The first-order chi connectivity index (χ1) is 12.2. The van der Waals surface area contributed by atoms with Crippen LogP contribution in [0.1, 0.15) is 19.3 Å². The summed E-state index contributed by atoms with van der Waals surface area (Å²) in [6, 6.07) is -0.121.